The van der Waals surface area contributed by atoms with E-state index >= 15 is 0 Å². The Kier molecular flexibility index (Phi) is 4.89. The van der Waals surface area contributed by atoms with Gasteiger partial charge in [-0.3, -0.25) is 4.57 Å². The zero-order valence-corrected chi connectivity index (χ0v) is 11.0. The van der Waals surface area contributed by atoms with Gasteiger partial charge in [0.1, 0.15) is 5.82 Å². The van der Waals surface area contributed by atoms with Gasteiger partial charge in [0, 0.05) is 23.0 Å². The molecule has 0 aliphatic heterocycles. The molecule has 0 spiro atoms. The first kappa shape index (κ1) is 14.7. The van der Waals surface area contributed by atoms with Crippen molar-refractivity contribution >= 4 is 17.4 Å². The molecule has 2 aromatic rings. The lowest BCUT2D eigenvalue weighted by Gasteiger charge is -2.12. The minimum Gasteiger partial charge on any atom is -0.377 e. The number of imidazole rings is 1. The van der Waals surface area contributed by atoms with Gasteiger partial charge >= 0.3 is 6.55 Å². The van der Waals surface area contributed by atoms with Crippen LogP contribution < -0.4 is 5.32 Å². The van der Waals surface area contributed by atoms with Gasteiger partial charge in [0.05, 0.1) is 6.54 Å². The number of nitrogens with zero attached hydrogens (tertiary/aromatic N) is 2. The number of thioether (sulfide) groups is 1. The van der Waals surface area contributed by atoms with Crippen molar-refractivity contribution in [2.75, 3.05) is 5.32 Å². The number of aromatic nitrogens is 2. The summed E-state index contributed by atoms with van der Waals surface area (Å²) in [6.45, 7) is -2.65. The molecule has 0 amide bonds. The predicted octanol–water partition coefficient (Wildman–Crippen LogP) is 4.21. The summed E-state index contributed by atoms with van der Waals surface area (Å²) in [4.78, 5) is 4.17. The Balaban J connectivity index is 2.09. The third-order valence-electron chi connectivity index (χ3n) is 2.50. The van der Waals surface area contributed by atoms with Crippen LogP contribution in [0.25, 0.3) is 0 Å². The van der Waals surface area contributed by atoms with Crippen molar-refractivity contribution in [1.29, 1.82) is 0 Å². The SMILES string of the molecule is FC(F)Sc1ccccc1NCc1nccn1C(F)F. The lowest BCUT2D eigenvalue weighted by Crippen LogP contribution is -2.09. The summed E-state index contributed by atoms with van der Waals surface area (Å²) < 4.78 is 50.8. The van der Waals surface area contributed by atoms with Crippen molar-refractivity contribution in [3.63, 3.8) is 0 Å². The van der Waals surface area contributed by atoms with E-state index in [1.165, 1.54) is 12.4 Å². The third kappa shape index (κ3) is 3.66. The highest BCUT2D eigenvalue weighted by molar-refractivity contribution is 7.99. The maximum absolute atomic E-state index is 12.6. The van der Waals surface area contributed by atoms with Gasteiger partial charge in [-0.1, -0.05) is 23.9 Å². The van der Waals surface area contributed by atoms with E-state index in [0.29, 0.717) is 22.3 Å². The van der Waals surface area contributed by atoms with E-state index < -0.39 is 12.3 Å². The van der Waals surface area contributed by atoms with Crippen LogP contribution in [-0.2, 0) is 6.54 Å². The van der Waals surface area contributed by atoms with Gasteiger partial charge in [-0.15, -0.1) is 0 Å². The van der Waals surface area contributed by atoms with Gasteiger partial charge in [-0.25, -0.2) is 4.98 Å². The van der Waals surface area contributed by atoms with E-state index in [1.54, 1.807) is 24.3 Å². The molecule has 0 saturated heterocycles. The van der Waals surface area contributed by atoms with Crippen LogP contribution in [0.1, 0.15) is 12.4 Å². The van der Waals surface area contributed by atoms with Crippen molar-refractivity contribution in [2.24, 2.45) is 0 Å². The number of benzene rings is 1. The molecule has 2 rings (SSSR count). The molecule has 0 atom stereocenters. The molecule has 1 N–H and O–H groups in total. The van der Waals surface area contributed by atoms with Gasteiger partial charge < -0.3 is 5.32 Å². The van der Waals surface area contributed by atoms with E-state index in [0.717, 1.165) is 4.57 Å². The molecule has 1 aromatic carbocycles. The van der Waals surface area contributed by atoms with Crippen molar-refractivity contribution in [3.8, 4) is 0 Å². The summed E-state index contributed by atoms with van der Waals surface area (Å²) in [5.74, 6) is -2.40. The summed E-state index contributed by atoms with van der Waals surface area (Å²) >= 11 is 0.402. The average Bonchev–Trinajstić information content (AvgIpc) is 2.85. The van der Waals surface area contributed by atoms with E-state index in [1.807, 2.05) is 0 Å². The van der Waals surface area contributed by atoms with Gasteiger partial charge in [-0.05, 0) is 12.1 Å². The highest BCUT2D eigenvalue weighted by Gasteiger charge is 2.13. The topological polar surface area (TPSA) is 29.9 Å². The maximum Gasteiger partial charge on any atom is 0.319 e. The summed E-state index contributed by atoms with van der Waals surface area (Å²) in [6, 6.07) is 6.46. The molecule has 20 heavy (non-hydrogen) atoms. The van der Waals surface area contributed by atoms with Gasteiger partial charge in [0.2, 0.25) is 0 Å². The number of hydrogen-bond donors (Lipinski definition) is 1. The molecule has 1 aromatic heterocycles. The van der Waals surface area contributed by atoms with Crippen LogP contribution in [0.15, 0.2) is 41.6 Å². The number of alkyl halides is 4. The highest BCUT2D eigenvalue weighted by atomic mass is 32.2. The van der Waals surface area contributed by atoms with Gasteiger partial charge in [-0.2, -0.15) is 17.6 Å². The minimum absolute atomic E-state index is 0.0259. The van der Waals surface area contributed by atoms with Crippen LogP contribution in [0.4, 0.5) is 23.2 Å². The van der Waals surface area contributed by atoms with Gasteiger partial charge in [0.25, 0.3) is 5.76 Å². The van der Waals surface area contributed by atoms with Crippen LogP contribution in [0, 0.1) is 0 Å². The van der Waals surface area contributed by atoms with E-state index in [-0.39, 0.29) is 12.4 Å². The first-order chi connectivity index (χ1) is 9.58. The number of para-hydroxylation sites is 1. The Morgan fingerprint density at radius 1 is 1.20 bits per heavy atom. The molecule has 3 nitrogen and oxygen atoms in total. The summed E-state index contributed by atoms with van der Waals surface area (Å²) in [6.07, 6.45) is 2.43. The molecule has 1 heterocycles. The fraction of sp³-hybridized carbons (Fsp3) is 0.250. The standard InChI is InChI=1S/C12H11F4N3S/c13-11(14)19-6-5-17-10(19)7-18-8-3-1-2-4-9(8)20-12(15)16/h1-6,11-12,18H,7H2. The molecule has 8 heteroatoms. The van der Waals surface area contributed by atoms with Crippen molar-refractivity contribution in [1.82, 2.24) is 9.55 Å². The lowest BCUT2D eigenvalue weighted by atomic mass is 10.3. The normalized spacial score (nSPS) is 11.3. The molecule has 0 radical (unpaired) electrons. The molecule has 108 valence electrons. The van der Waals surface area contributed by atoms with Crippen LogP contribution in [0.5, 0.6) is 0 Å². The smallest absolute Gasteiger partial charge is 0.319 e. The van der Waals surface area contributed by atoms with Crippen LogP contribution in [0.3, 0.4) is 0 Å². The highest BCUT2D eigenvalue weighted by Crippen LogP contribution is 2.31. The number of rotatable bonds is 6. The Morgan fingerprint density at radius 3 is 2.65 bits per heavy atom. The Morgan fingerprint density at radius 2 is 1.95 bits per heavy atom. The second-order valence-electron chi connectivity index (χ2n) is 3.76. The molecule has 0 aliphatic carbocycles. The zero-order valence-electron chi connectivity index (χ0n) is 10.1. The third-order valence-corrected chi connectivity index (χ3v) is 3.29. The predicted molar refractivity (Wildman–Crippen MR) is 69.1 cm³/mol. The lowest BCUT2D eigenvalue weighted by molar-refractivity contribution is 0.0673. The molecular formula is C12H11F4N3S. The quantitative estimate of drug-likeness (QED) is 0.640. The maximum atomic E-state index is 12.6. The summed E-state index contributed by atoms with van der Waals surface area (Å²) in [5, 5.41) is 2.85. The van der Waals surface area contributed by atoms with E-state index in [2.05, 4.69) is 10.3 Å². The number of halogens is 4. The largest absolute Gasteiger partial charge is 0.377 e. The van der Waals surface area contributed by atoms with Crippen LogP contribution >= 0.6 is 11.8 Å². The van der Waals surface area contributed by atoms with Crippen molar-refractivity contribution in [2.45, 2.75) is 23.7 Å². The fourth-order valence-corrected chi connectivity index (χ4v) is 2.26. The number of hydrogen-bond acceptors (Lipinski definition) is 3. The number of nitrogens with one attached hydrogen (secondary N) is 1. The minimum atomic E-state index is -2.68. The molecule has 0 unspecified atom stereocenters. The molecule has 0 aliphatic rings. The fourth-order valence-electron chi connectivity index (χ4n) is 1.64. The zero-order chi connectivity index (χ0) is 14.5. The monoisotopic (exact) mass is 305 g/mol. The summed E-state index contributed by atoms with van der Waals surface area (Å²) in [7, 11) is 0. The van der Waals surface area contributed by atoms with Gasteiger partial charge in [0.15, 0.2) is 0 Å². The average molecular weight is 305 g/mol. The van der Waals surface area contributed by atoms with Crippen molar-refractivity contribution < 1.29 is 17.6 Å². The molecule has 0 bridgehead atoms. The molecular weight excluding hydrogens is 294 g/mol. The second kappa shape index (κ2) is 6.65. The Labute approximate surface area is 117 Å². The Hall–Kier alpha value is -1.70. The summed E-state index contributed by atoms with van der Waals surface area (Å²) in [5.41, 5.74) is 0.460. The number of anilines is 1. The first-order valence-corrected chi connectivity index (χ1v) is 6.53. The van der Waals surface area contributed by atoms with E-state index in [4.69, 9.17) is 0 Å². The Bertz CT molecular complexity index is 559. The second-order valence-corrected chi connectivity index (χ2v) is 4.79. The van der Waals surface area contributed by atoms with Crippen molar-refractivity contribution in [3.05, 3.63) is 42.5 Å². The van der Waals surface area contributed by atoms with E-state index in [9.17, 15) is 17.6 Å². The molecule has 0 fully saturated rings. The van der Waals surface area contributed by atoms with Crippen LogP contribution in [0.2, 0.25) is 0 Å². The first-order valence-electron chi connectivity index (χ1n) is 5.65. The molecule has 0 saturated carbocycles. The van der Waals surface area contributed by atoms with Crippen LogP contribution in [-0.4, -0.2) is 15.3 Å².